The lowest BCUT2D eigenvalue weighted by Crippen LogP contribution is -1.84. The SMILES string of the molecule is O=C=NCc1cc(F)ccc1Cl. The third-order valence-electron chi connectivity index (χ3n) is 1.32. The molecular formula is C8H5ClFNO. The summed E-state index contributed by atoms with van der Waals surface area (Å²) >= 11 is 5.68. The van der Waals surface area contributed by atoms with Gasteiger partial charge >= 0.3 is 0 Å². The summed E-state index contributed by atoms with van der Waals surface area (Å²) in [5, 5.41) is 0.399. The van der Waals surface area contributed by atoms with E-state index in [2.05, 4.69) is 4.99 Å². The van der Waals surface area contributed by atoms with E-state index in [9.17, 15) is 9.18 Å². The highest BCUT2D eigenvalue weighted by Crippen LogP contribution is 2.17. The van der Waals surface area contributed by atoms with Crippen LogP contribution in [0.2, 0.25) is 5.02 Å². The van der Waals surface area contributed by atoms with Crippen molar-refractivity contribution in [1.82, 2.24) is 0 Å². The van der Waals surface area contributed by atoms with Crippen molar-refractivity contribution in [3.05, 3.63) is 34.6 Å². The second-order valence-corrected chi connectivity index (χ2v) is 2.55. The van der Waals surface area contributed by atoms with Crippen LogP contribution in [-0.2, 0) is 11.3 Å². The second-order valence-electron chi connectivity index (χ2n) is 2.14. The van der Waals surface area contributed by atoms with Crippen molar-refractivity contribution < 1.29 is 9.18 Å². The van der Waals surface area contributed by atoms with Gasteiger partial charge in [0.15, 0.2) is 0 Å². The molecule has 0 saturated heterocycles. The van der Waals surface area contributed by atoms with Crippen LogP contribution in [-0.4, -0.2) is 6.08 Å². The maximum atomic E-state index is 12.6. The van der Waals surface area contributed by atoms with Crippen molar-refractivity contribution in [2.24, 2.45) is 4.99 Å². The number of halogens is 2. The van der Waals surface area contributed by atoms with Crippen molar-refractivity contribution >= 4 is 17.7 Å². The summed E-state index contributed by atoms with van der Waals surface area (Å²) in [5.41, 5.74) is 0.486. The fourth-order valence-electron chi connectivity index (χ4n) is 0.782. The van der Waals surface area contributed by atoms with Gasteiger partial charge in [-0.1, -0.05) is 11.6 Å². The number of benzene rings is 1. The minimum absolute atomic E-state index is 0.0695. The molecule has 0 N–H and O–H groups in total. The molecule has 0 amide bonds. The molecule has 0 unspecified atom stereocenters. The van der Waals surface area contributed by atoms with Crippen LogP contribution in [0.4, 0.5) is 4.39 Å². The quantitative estimate of drug-likeness (QED) is 0.514. The molecule has 1 aromatic rings. The Balaban J connectivity index is 2.96. The van der Waals surface area contributed by atoms with Gasteiger partial charge in [-0.15, -0.1) is 0 Å². The van der Waals surface area contributed by atoms with E-state index in [1.807, 2.05) is 0 Å². The molecular weight excluding hydrogens is 181 g/mol. The van der Waals surface area contributed by atoms with Crippen LogP contribution >= 0.6 is 11.6 Å². The minimum Gasteiger partial charge on any atom is -0.211 e. The Labute approximate surface area is 73.7 Å². The van der Waals surface area contributed by atoms with Crippen molar-refractivity contribution in [3.63, 3.8) is 0 Å². The van der Waals surface area contributed by atoms with E-state index in [0.717, 1.165) is 0 Å². The molecule has 0 fully saturated rings. The lowest BCUT2D eigenvalue weighted by atomic mass is 10.2. The highest BCUT2D eigenvalue weighted by atomic mass is 35.5. The van der Waals surface area contributed by atoms with Crippen LogP contribution in [0.5, 0.6) is 0 Å². The van der Waals surface area contributed by atoms with Crippen molar-refractivity contribution in [2.75, 3.05) is 0 Å². The first-order valence-electron chi connectivity index (χ1n) is 3.21. The monoisotopic (exact) mass is 185 g/mol. The Morgan fingerprint density at radius 1 is 1.58 bits per heavy atom. The van der Waals surface area contributed by atoms with Gasteiger partial charge in [-0.3, -0.25) is 0 Å². The molecule has 0 aliphatic rings. The van der Waals surface area contributed by atoms with Crippen LogP contribution in [0.25, 0.3) is 0 Å². The first-order valence-corrected chi connectivity index (χ1v) is 3.59. The molecule has 0 saturated carbocycles. The van der Waals surface area contributed by atoms with Crippen LogP contribution < -0.4 is 0 Å². The van der Waals surface area contributed by atoms with Gasteiger partial charge in [0, 0.05) is 5.02 Å². The zero-order chi connectivity index (χ0) is 8.97. The Hall–Kier alpha value is -1.18. The number of rotatable bonds is 2. The first-order chi connectivity index (χ1) is 5.74. The number of nitrogens with zero attached hydrogens (tertiary/aromatic N) is 1. The normalized spacial score (nSPS) is 9.17. The predicted molar refractivity (Wildman–Crippen MR) is 43.2 cm³/mol. The summed E-state index contributed by atoms with van der Waals surface area (Å²) in [6.45, 7) is 0.0695. The number of aliphatic imine (C=N–C) groups is 1. The Morgan fingerprint density at radius 2 is 2.33 bits per heavy atom. The van der Waals surface area contributed by atoms with Gasteiger partial charge in [0.1, 0.15) is 5.82 Å². The molecule has 62 valence electrons. The maximum Gasteiger partial charge on any atom is 0.235 e. The molecule has 4 heteroatoms. The van der Waals surface area contributed by atoms with Crippen LogP contribution in [0.15, 0.2) is 23.2 Å². The first kappa shape index (κ1) is 8.91. The van der Waals surface area contributed by atoms with Gasteiger partial charge in [-0.25, -0.2) is 14.2 Å². The van der Waals surface area contributed by atoms with Crippen LogP contribution in [0.1, 0.15) is 5.56 Å². The summed E-state index contributed by atoms with van der Waals surface area (Å²) in [6.07, 6.45) is 1.36. The lowest BCUT2D eigenvalue weighted by Gasteiger charge is -1.98. The molecule has 0 atom stereocenters. The molecule has 1 rings (SSSR count). The Bertz CT molecular complexity index is 334. The van der Waals surface area contributed by atoms with Crippen LogP contribution in [0, 0.1) is 5.82 Å². The van der Waals surface area contributed by atoms with E-state index in [-0.39, 0.29) is 6.54 Å². The van der Waals surface area contributed by atoms with Crippen molar-refractivity contribution in [1.29, 1.82) is 0 Å². The van der Waals surface area contributed by atoms with Gasteiger partial charge < -0.3 is 0 Å². The molecule has 0 aromatic heterocycles. The summed E-state index contributed by atoms with van der Waals surface area (Å²) in [6, 6.07) is 3.91. The molecule has 0 aliphatic carbocycles. The molecule has 0 radical (unpaired) electrons. The highest BCUT2D eigenvalue weighted by molar-refractivity contribution is 6.31. The lowest BCUT2D eigenvalue weighted by molar-refractivity contribution is 0.562. The van der Waals surface area contributed by atoms with E-state index >= 15 is 0 Å². The van der Waals surface area contributed by atoms with E-state index in [1.165, 1.54) is 24.3 Å². The molecule has 0 heterocycles. The summed E-state index contributed by atoms with van der Waals surface area (Å²) in [4.78, 5) is 13.0. The predicted octanol–water partition coefficient (Wildman–Crippen LogP) is 2.31. The summed E-state index contributed by atoms with van der Waals surface area (Å²) in [7, 11) is 0. The number of carbonyl (C=O) groups excluding carboxylic acids is 1. The molecule has 2 nitrogen and oxygen atoms in total. The van der Waals surface area contributed by atoms with Crippen molar-refractivity contribution in [2.45, 2.75) is 6.54 Å². The summed E-state index contributed by atoms with van der Waals surface area (Å²) < 4.78 is 12.6. The van der Waals surface area contributed by atoms with E-state index in [0.29, 0.717) is 10.6 Å². The average molecular weight is 186 g/mol. The van der Waals surface area contributed by atoms with E-state index < -0.39 is 5.82 Å². The zero-order valence-corrected chi connectivity index (χ0v) is 6.81. The topological polar surface area (TPSA) is 29.4 Å². The maximum absolute atomic E-state index is 12.6. The molecule has 0 aliphatic heterocycles. The average Bonchev–Trinajstić information content (AvgIpc) is 2.07. The van der Waals surface area contributed by atoms with E-state index in [4.69, 9.17) is 11.6 Å². The molecule has 0 spiro atoms. The smallest absolute Gasteiger partial charge is 0.211 e. The van der Waals surface area contributed by atoms with Gasteiger partial charge in [-0.2, -0.15) is 0 Å². The number of hydrogen-bond acceptors (Lipinski definition) is 2. The Kier molecular flexibility index (Phi) is 2.97. The molecule has 1 aromatic carbocycles. The largest absolute Gasteiger partial charge is 0.235 e. The molecule has 0 bridgehead atoms. The number of isocyanates is 1. The zero-order valence-electron chi connectivity index (χ0n) is 6.05. The van der Waals surface area contributed by atoms with Gasteiger partial charge in [-0.05, 0) is 23.8 Å². The van der Waals surface area contributed by atoms with Gasteiger partial charge in [0.2, 0.25) is 6.08 Å². The standard InChI is InChI=1S/C8H5ClFNO/c9-8-2-1-7(10)3-6(8)4-11-5-12/h1-3H,4H2. The van der Waals surface area contributed by atoms with E-state index in [1.54, 1.807) is 0 Å². The van der Waals surface area contributed by atoms with Gasteiger partial charge in [0.25, 0.3) is 0 Å². The highest BCUT2D eigenvalue weighted by Gasteiger charge is 2.00. The third-order valence-corrected chi connectivity index (χ3v) is 1.69. The summed E-state index contributed by atoms with van der Waals surface area (Å²) in [5.74, 6) is -0.393. The van der Waals surface area contributed by atoms with Gasteiger partial charge in [0.05, 0.1) is 6.54 Å². The molecule has 12 heavy (non-hydrogen) atoms. The third kappa shape index (κ3) is 2.16. The Morgan fingerprint density at radius 3 is 3.00 bits per heavy atom. The minimum atomic E-state index is -0.393. The number of hydrogen-bond donors (Lipinski definition) is 0. The van der Waals surface area contributed by atoms with Crippen molar-refractivity contribution in [3.8, 4) is 0 Å². The fraction of sp³-hybridized carbons (Fsp3) is 0.125. The second kappa shape index (κ2) is 4.00. The fourth-order valence-corrected chi connectivity index (χ4v) is 0.959. The van der Waals surface area contributed by atoms with Crippen LogP contribution in [0.3, 0.4) is 0 Å².